The molecule has 6 rings (SSSR count). The first-order chi connectivity index (χ1) is 21.2. The van der Waals surface area contributed by atoms with Gasteiger partial charge in [0.25, 0.3) is 17.7 Å². The van der Waals surface area contributed by atoms with Gasteiger partial charge in [0.05, 0.1) is 16.8 Å². The Morgan fingerprint density at radius 3 is 2.43 bits per heavy atom. The number of aryl methyl sites for hydroxylation is 2. The van der Waals surface area contributed by atoms with Crippen molar-refractivity contribution in [1.82, 2.24) is 14.8 Å². The van der Waals surface area contributed by atoms with Crippen molar-refractivity contribution in [3.05, 3.63) is 106 Å². The second-order valence-electron chi connectivity index (χ2n) is 11.4. The quantitative estimate of drug-likeness (QED) is 0.244. The zero-order chi connectivity index (χ0) is 31.0. The van der Waals surface area contributed by atoms with Gasteiger partial charge in [0, 0.05) is 66.5 Å². The lowest BCUT2D eigenvalue weighted by Crippen LogP contribution is -2.47. The van der Waals surface area contributed by atoms with E-state index in [1.807, 2.05) is 56.0 Å². The van der Waals surface area contributed by atoms with Crippen LogP contribution >= 0.6 is 0 Å². The molecule has 1 saturated heterocycles. The average molecular weight is 590 g/mol. The number of nitrogens with one attached hydrogen (secondary N) is 3. The first-order valence-electron chi connectivity index (χ1n) is 14.7. The van der Waals surface area contributed by atoms with Gasteiger partial charge in [-0.05, 0) is 75.9 Å². The van der Waals surface area contributed by atoms with Gasteiger partial charge in [-0.15, -0.1) is 0 Å². The molecule has 2 aliphatic heterocycles. The van der Waals surface area contributed by atoms with E-state index in [1.165, 1.54) is 0 Å². The maximum atomic E-state index is 13.4. The zero-order valence-corrected chi connectivity index (χ0v) is 25.3. The van der Waals surface area contributed by atoms with Crippen LogP contribution in [0, 0.1) is 20.8 Å². The van der Waals surface area contributed by atoms with Crippen molar-refractivity contribution in [1.29, 1.82) is 0 Å². The van der Waals surface area contributed by atoms with Crippen LogP contribution in [0.4, 0.5) is 11.4 Å². The Bertz CT molecular complexity index is 1810. The van der Waals surface area contributed by atoms with Crippen molar-refractivity contribution in [2.45, 2.75) is 20.8 Å². The molecule has 0 radical (unpaired) electrons. The number of nitrogens with zero attached hydrogens (tertiary/aromatic N) is 2. The highest BCUT2D eigenvalue weighted by molar-refractivity contribution is 6.35. The Kier molecular flexibility index (Phi) is 7.80. The molecule has 44 heavy (non-hydrogen) atoms. The summed E-state index contributed by atoms with van der Waals surface area (Å²) in [5.41, 5.74) is 7.12. The van der Waals surface area contributed by atoms with Crippen LogP contribution in [0.3, 0.4) is 0 Å². The Morgan fingerprint density at radius 1 is 0.909 bits per heavy atom. The first-order valence-corrected chi connectivity index (χ1v) is 14.7. The van der Waals surface area contributed by atoms with Crippen LogP contribution in [0.1, 0.15) is 48.8 Å². The summed E-state index contributed by atoms with van der Waals surface area (Å²) in [7, 11) is 2.06. The average Bonchev–Trinajstić information content (AvgIpc) is 3.46. The number of piperazine rings is 1. The van der Waals surface area contributed by atoms with Crippen LogP contribution < -0.4 is 15.4 Å². The van der Waals surface area contributed by atoms with Crippen molar-refractivity contribution < 1.29 is 19.1 Å². The SMILES string of the molecule is Cc1cccc(C(=O)Nc2cccc(Oc3ccc4c(c3)NC(=O)/C4=C\c3[nH]c(C)c(C(=O)N4CCN(C)CC4)c3C)c2)c1. The number of rotatable bonds is 6. The first kappa shape index (κ1) is 28.9. The summed E-state index contributed by atoms with van der Waals surface area (Å²) in [6.07, 6.45) is 1.81. The summed E-state index contributed by atoms with van der Waals surface area (Å²) < 4.78 is 6.09. The number of carbonyl (C=O) groups excluding carboxylic acids is 3. The molecule has 1 fully saturated rings. The number of aromatic nitrogens is 1. The van der Waals surface area contributed by atoms with Crippen LogP contribution in [0.2, 0.25) is 0 Å². The van der Waals surface area contributed by atoms with Crippen LogP contribution in [0.5, 0.6) is 11.5 Å². The highest BCUT2D eigenvalue weighted by atomic mass is 16.5. The Balaban J connectivity index is 1.19. The minimum Gasteiger partial charge on any atom is -0.457 e. The highest BCUT2D eigenvalue weighted by Crippen LogP contribution is 2.38. The highest BCUT2D eigenvalue weighted by Gasteiger charge is 2.28. The lowest BCUT2D eigenvalue weighted by atomic mass is 10.0. The molecule has 3 N–H and O–H groups in total. The van der Waals surface area contributed by atoms with E-state index in [4.69, 9.17) is 4.74 Å². The summed E-state index contributed by atoms with van der Waals surface area (Å²) in [6, 6.07) is 20.0. The predicted molar refractivity (Wildman–Crippen MR) is 172 cm³/mol. The fourth-order valence-electron chi connectivity index (χ4n) is 5.69. The number of ether oxygens (including phenoxy) is 1. The maximum absolute atomic E-state index is 13.4. The molecule has 0 atom stereocenters. The molecule has 0 unspecified atom stereocenters. The third-order valence-electron chi connectivity index (χ3n) is 8.15. The van der Waals surface area contributed by atoms with Gasteiger partial charge in [0.2, 0.25) is 0 Å². The molecular weight excluding hydrogens is 554 g/mol. The Hall–Kier alpha value is -5.15. The molecule has 0 aliphatic carbocycles. The number of hydrogen-bond acceptors (Lipinski definition) is 5. The van der Waals surface area contributed by atoms with Crippen molar-refractivity contribution >= 4 is 40.7 Å². The van der Waals surface area contributed by atoms with E-state index in [0.717, 1.165) is 41.2 Å². The monoisotopic (exact) mass is 589 g/mol. The Labute approximate surface area is 256 Å². The molecule has 0 saturated carbocycles. The minimum atomic E-state index is -0.225. The summed E-state index contributed by atoms with van der Waals surface area (Å²) in [6.45, 7) is 8.85. The van der Waals surface area contributed by atoms with E-state index in [2.05, 4.69) is 27.6 Å². The zero-order valence-electron chi connectivity index (χ0n) is 25.3. The predicted octanol–water partition coefficient (Wildman–Crippen LogP) is 5.86. The van der Waals surface area contributed by atoms with Gasteiger partial charge in [-0.3, -0.25) is 14.4 Å². The Morgan fingerprint density at radius 2 is 1.66 bits per heavy atom. The van der Waals surface area contributed by atoms with Crippen LogP contribution in [0.25, 0.3) is 11.6 Å². The second-order valence-corrected chi connectivity index (χ2v) is 11.4. The van der Waals surface area contributed by atoms with Gasteiger partial charge in [0.15, 0.2) is 0 Å². The number of likely N-dealkylation sites (N-methyl/N-ethyl adjacent to an activating group) is 1. The van der Waals surface area contributed by atoms with Crippen LogP contribution in [-0.2, 0) is 4.79 Å². The lowest BCUT2D eigenvalue weighted by Gasteiger charge is -2.32. The van der Waals surface area contributed by atoms with Gasteiger partial charge in [-0.2, -0.15) is 0 Å². The van der Waals surface area contributed by atoms with Gasteiger partial charge in [-0.25, -0.2) is 0 Å². The fourth-order valence-corrected chi connectivity index (χ4v) is 5.69. The number of aromatic amines is 1. The van der Waals surface area contributed by atoms with Gasteiger partial charge >= 0.3 is 0 Å². The van der Waals surface area contributed by atoms with E-state index < -0.39 is 0 Å². The summed E-state index contributed by atoms with van der Waals surface area (Å²) in [5, 5.41) is 5.85. The van der Waals surface area contributed by atoms with E-state index in [-0.39, 0.29) is 17.7 Å². The largest absolute Gasteiger partial charge is 0.457 e. The van der Waals surface area contributed by atoms with Gasteiger partial charge in [-0.1, -0.05) is 23.8 Å². The molecule has 1 aromatic heterocycles. The topological polar surface area (TPSA) is 107 Å². The summed E-state index contributed by atoms with van der Waals surface area (Å²) in [5.74, 6) is 0.678. The van der Waals surface area contributed by atoms with Crippen LogP contribution in [-0.4, -0.2) is 65.7 Å². The molecular formula is C35H35N5O4. The third kappa shape index (κ3) is 5.87. The number of hydrogen-bond donors (Lipinski definition) is 3. The number of carbonyl (C=O) groups is 3. The van der Waals surface area contributed by atoms with Crippen molar-refractivity contribution in [3.63, 3.8) is 0 Å². The van der Waals surface area contributed by atoms with Crippen LogP contribution in [0.15, 0.2) is 66.7 Å². The van der Waals surface area contributed by atoms with Crippen molar-refractivity contribution in [2.24, 2.45) is 0 Å². The van der Waals surface area contributed by atoms with Gasteiger partial charge in [0.1, 0.15) is 11.5 Å². The fraction of sp³-hybridized carbons (Fsp3) is 0.229. The maximum Gasteiger partial charge on any atom is 0.256 e. The molecule has 0 spiro atoms. The minimum absolute atomic E-state index is 0.0193. The van der Waals surface area contributed by atoms with Crippen molar-refractivity contribution in [3.8, 4) is 11.5 Å². The van der Waals surface area contributed by atoms with Gasteiger partial charge < -0.3 is 30.2 Å². The molecule has 3 aromatic carbocycles. The van der Waals surface area contributed by atoms with Crippen molar-refractivity contribution in [2.75, 3.05) is 43.9 Å². The van der Waals surface area contributed by atoms with E-state index in [0.29, 0.717) is 52.7 Å². The molecule has 3 heterocycles. The standard InChI is InChI=1S/C35H35N5O4/c1-21-7-5-8-24(17-21)33(41)37-25-9-6-10-26(18-25)44-27-11-12-28-29(34(42)38-31(28)19-27)20-30-22(2)32(23(3)36-30)35(43)40-15-13-39(4)14-16-40/h5-12,17-20,36H,13-16H2,1-4H3,(H,37,41)(H,38,42)/b29-20-. The van der Waals surface area contributed by atoms with E-state index in [9.17, 15) is 14.4 Å². The number of amides is 3. The number of H-pyrrole nitrogens is 1. The third-order valence-corrected chi connectivity index (χ3v) is 8.15. The summed E-state index contributed by atoms with van der Waals surface area (Å²) >= 11 is 0. The van der Waals surface area contributed by atoms with E-state index in [1.54, 1.807) is 42.5 Å². The second kappa shape index (κ2) is 11.9. The number of anilines is 2. The molecule has 2 aliphatic rings. The van der Waals surface area contributed by atoms with E-state index >= 15 is 0 Å². The smallest absolute Gasteiger partial charge is 0.256 e. The molecule has 3 amide bonds. The lowest BCUT2D eigenvalue weighted by molar-refractivity contribution is -0.110. The molecule has 4 aromatic rings. The number of benzene rings is 3. The molecule has 9 heteroatoms. The molecule has 224 valence electrons. The molecule has 9 nitrogen and oxygen atoms in total. The summed E-state index contributed by atoms with van der Waals surface area (Å²) in [4.78, 5) is 46.5. The number of fused-ring (bicyclic) bond motifs is 1. The normalized spacial score (nSPS) is 15.7. The molecule has 0 bridgehead atoms.